The highest BCUT2D eigenvalue weighted by atomic mass is 35.7. The fraction of sp³-hybridized carbons (Fsp3) is 0.250. The minimum absolute atomic E-state index is 0.0271. The lowest BCUT2D eigenvalue weighted by molar-refractivity contribution is -0.0498. The zero-order chi connectivity index (χ0) is 11.5. The molecule has 0 amide bonds. The van der Waals surface area contributed by atoms with Gasteiger partial charge in [-0.15, -0.1) is 0 Å². The van der Waals surface area contributed by atoms with E-state index in [1.165, 1.54) is 24.3 Å². The molecule has 3 nitrogen and oxygen atoms in total. The second kappa shape index (κ2) is 4.76. The van der Waals surface area contributed by atoms with Crippen LogP contribution in [0.25, 0.3) is 0 Å². The maximum atomic E-state index is 11.8. The average Bonchev–Trinajstić information content (AvgIpc) is 2.05. The molecule has 84 valence electrons. The lowest BCUT2D eigenvalue weighted by Crippen LogP contribution is -2.02. The summed E-state index contributed by atoms with van der Waals surface area (Å²) >= 11 is 0. The van der Waals surface area contributed by atoms with E-state index in [1.54, 1.807) is 0 Å². The SMILES string of the molecule is O=S(=O)(Cl)Cc1ccc(OC(F)F)cc1. The van der Waals surface area contributed by atoms with Crippen molar-refractivity contribution in [2.24, 2.45) is 0 Å². The van der Waals surface area contributed by atoms with Crippen LogP contribution in [0.1, 0.15) is 5.56 Å². The Balaban J connectivity index is 2.73. The highest BCUT2D eigenvalue weighted by Crippen LogP contribution is 2.17. The molecule has 0 N–H and O–H groups in total. The molecule has 0 atom stereocenters. The van der Waals surface area contributed by atoms with Crippen LogP contribution in [0.5, 0.6) is 5.75 Å². The summed E-state index contributed by atoms with van der Waals surface area (Å²) in [7, 11) is 1.38. The Morgan fingerprint density at radius 1 is 1.27 bits per heavy atom. The smallest absolute Gasteiger partial charge is 0.387 e. The summed E-state index contributed by atoms with van der Waals surface area (Å²) in [6.07, 6.45) is 0. The number of benzene rings is 1. The summed E-state index contributed by atoms with van der Waals surface area (Å²) < 4.78 is 48.9. The van der Waals surface area contributed by atoms with Crippen molar-refractivity contribution in [2.45, 2.75) is 12.4 Å². The molecular weight excluding hydrogens is 250 g/mol. The van der Waals surface area contributed by atoms with Crippen LogP contribution < -0.4 is 4.74 Å². The van der Waals surface area contributed by atoms with Crippen molar-refractivity contribution >= 4 is 19.7 Å². The Morgan fingerprint density at radius 3 is 2.20 bits per heavy atom. The molecule has 1 aromatic rings. The van der Waals surface area contributed by atoms with E-state index in [2.05, 4.69) is 4.74 Å². The van der Waals surface area contributed by atoms with E-state index in [9.17, 15) is 17.2 Å². The van der Waals surface area contributed by atoms with Gasteiger partial charge in [0.05, 0.1) is 5.75 Å². The highest BCUT2D eigenvalue weighted by Gasteiger charge is 2.08. The minimum atomic E-state index is -3.63. The van der Waals surface area contributed by atoms with Crippen LogP contribution in [0.2, 0.25) is 0 Å². The summed E-state index contributed by atoms with van der Waals surface area (Å²) in [6, 6.07) is 5.22. The van der Waals surface area contributed by atoms with Crippen LogP contribution in [-0.2, 0) is 14.8 Å². The molecule has 0 heterocycles. The lowest BCUT2D eigenvalue weighted by atomic mass is 10.2. The Bertz CT molecular complexity index is 416. The van der Waals surface area contributed by atoms with Crippen LogP contribution >= 0.6 is 10.7 Å². The Morgan fingerprint density at radius 2 is 1.80 bits per heavy atom. The molecule has 0 saturated heterocycles. The minimum Gasteiger partial charge on any atom is -0.435 e. The number of halogens is 3. The molecule has 0 aliphatic carbocycles. The largest absolute Gasteiger partial charge is 0.435 e. The molecule has 0 unspecified atom stereocenters. The van der Waals surface area contributed by atoms with E-state index >= 15 is 0 Å². The van der Waals surface area contributed by atoms with Gasteiger partial charge in [-0.25, -0.2) is 8.42 Å². The molecule has 0 aromatic heterocycles. The summed E-state index contributed by atoms with van der Waals surface area (Å²) in [5.74, 6) is -0.371. The van der Waals surface area contributed by atoms with Gasteiger partial charge in [-0.3, -0.25) is 0 Å². The van der Waals surface area contributed by atoms with Gasteiger partial charge < -0.3 is 4.74 Å². The first-order chi connectivity index (χ1) is 6.87. The van der Waals surface area contributed by atoms with E-state index < -0.39 is 15.7 Å². The van der Waals surface area contributed by atoms with Crippen molar-refractivity contribution in [3.05, 3.63) is 29.8 Å². The van der Waals surface area contributed by atoms with E-state index in [4.69, 9.17) is 10.7 Å². The van der Waals surface area contributed by atoms with E-state index in [1.807, 2.05) is 0 Å². The van der Waals surface area contributed by atoms with Crippen molar-refractivity contribution in [1.82, 2.24) is 0 Å². The van der Waals surface area contributed by atoms with Crippen molar-refractivity contribution in [3.63, 3.8) is 0 Å². The predicted octanol–water partition coefficient (Wildman–Crippen LogP) is 2.36. The first-order valence-corrected chi connectivity index (χ1v) is 6.31. The van der Waals surface area contributed by atoms with Crippen LogP contribution in [0.4, 0.5) is 8.78 Å². The predicted molar refractivity (Wildman–Crippen MR) is 51.6 cm³/mol. The molecule has 1 aromatic carbocycles. The standard InChI is InChI=1S/C8H7ClF2O3S/c9-15(12,13)5-6-1-3-7(4-2-6)14-8(10)11/h1-4,8H,5H2. The third kappa shape index (κ3) is 4.94. The maximum absolute atomic E-state index is 11.8. The molecule has 0 spiro atoms. The fourth-order valence-corrected chi connectivity index (χ4v) is 1.93. The number of hydrogen-bond acceptors (Lipinski definition) is 3. The van der Waals surface area contributed by atoms with Crippen molar-refractivity contribution < 1.29 is 21.9 Å². The molecule has 0 aliphatic rings. The first kappa shape index (κ1) is 12.2. The monoisotopic (exact) mass is 256 g/mol. The van der Waals surface area contributed by atoms with Crippen LogP contribution in [0.3, 0.4) is 0 Å². The quantitative estimate of drug-likeness (QED) is 0.777. The van der Waals surface area contributed by atoms with E-state index in [-0.39, 0.29) is 11.5 Å². The first-order valence-electron chi connectivity index (χ1n) is 3.83. The van der Waals surface area contributed by atoms with Crippen LogP contribution in [0.15, 0.2) is 24.3 Å². The molecule has 0 fully saturated rings. The molecular formula is C8H7ClF2O3S. The Hall–Kier alpha value is -0.880. The van der Waals surface area contributed by atoms with Crippen molar-refractivity contribution in [2.75, 3.05) is 0 Å². The average molecular weight is 257 g/mol. The molecule has 1 rings (SSSR count). The van der Waals surface area contributed by atoms with Crippen LogP contribution in [0, 0.1) is 0 Å². The number of ether oxygens (including phenoxy) is 1. The fourth-order valence-electron chi connectivity index (χ4n) is 0.966. The van der Waals surface area contributed by atoms with Gasteiger partial charge in [-0.05, 0) is 17.7 Å². The highest BCUT2D eigenvalue weighted by molar-refractivity contribution is 8.13. The zero-order valence-electron chi connectivity index (χ0n) is 7.36. The molecule has 7 heteroatoms. The molecule has 0 aliphatic heterocycles. The van der Waals surface area contributed by atoms with Crippen LogP contribution in [-0.4, -0.2) is 15.0 Å². The number of rotatable bonds is 4. The molecule has 0 saturated carbocycles. The van der Waals surface area contributed by atoms with Gasteiger partial charge in [0.1, 0.15) is 5.75 Å². The third-order valence-corrected chi connectivity index (χ3v) is 2.49. The van der Waals surface area contributed by atoms with Gasteiger partial charge in [0.2, 0.25) is 9.05 Å². The van der Waals surface area contributed by atoms with E-state index in [0.717, 1.165) is 0 Å². The van der Waals surface area contributed by atoms with Crippen molar-refractivity contribution in [3.8, 4) is 5.75 Å². The zero-order valence-corrected chi connectivity index (χ0v) is 8.93. The van der Waals surface area contributed by atoms with Gasteiger partial charge in [0.25, 0.3) is 0 Å². The number of alkyl halides is 2. The molecule has 0 radical (unpaired) electrons. The van der Waals surface area contributed by atoms with Gasteiger partial charge >= 0.3 is 6.61 Å². The van der Waals surface area contributed by atoms with Gasteiger partial charge in [-0.2, -0.15) is 8.78 Å². The second-order valence-electron chi connectivity index (χ2n) is 2.71. The Labute approximate surface area is 90.0 Å². The lowest BCUT2D eigenvalue weighted by Gasteiger charge is -2.04. The molecule has 0 bridgehead atoms. The third-order valence-electron chi connectivity index (χ3n) is 1.49. The van der Waals surface area contributed by atoms with Gasteiger partial charge in [0.15, 0.2) is 0 Å². The Kier molecular flexibility index (Phi) is 3.87. The van der Waals surface area contributed by atoms with Crippen molar-refractivity contribution in [1.29, 1.82) is 0 Å². The second-order valence-corrected chi connectivity index (χ2v) is 5.48. The van der Waals surface area contributed by atoms with E-state index in [0.29, 0.717) is 5.56 Å². The normalized spacial score (nSPS) is 11.7. The topological polar surface area (TPSA) is 43.4 Å². The van der Waals surface area contributed by atoms with Gasteiger partial charge in [-0.1, -0.05) is 12.1 Å². The summed E-state index contributed by atoms with van der Waals surface area (Å²) in [4.78, 5) is 0. The van der Waals surface area contributed by atoms with Gasteiger partial charge in [0, 0.05) is 10.7 Å². The number of hydrogen-bond donors (Lipinski definition) is 0. The summed E-state index contributed by atoms with van der Waals surface area (Å²) in [5.41, 5.74) is 0.409. The molecule has 15 heavy (non-hydrogen) atoms. The maximum Gasteiger partial charge on any atom is 0.387 e. The summed E-state index contributed by atoms with van der Waals surface area (Å²) in [5, 5.41) is 0. The summed E-state index contributed by atoms with van der Waals surface area (Å²) in [6.45, 7) is -2.90.